The highest BCUT2D eigenvalue weighted by Gasteiger charge is 2.50. The number of aryl methyl sites for hydroxylation is 1. The SMILES string of the molecule is C[C@@]12CCC[C@H]1[C@@H]1CCc3cc(OC(=O)CCBr)ccc3[C@H]1CC2. The maximum atomic E-state index is 11.7. The average molecular weight is 391 g/mol. The summed E-state index contributed by atoms with van der Waals surface area (Å²) in [4.78, 5) is 11.7. The number of alkyl halides is 1. The first-order chi connectivity index (χ1) is 11.6. The number of carbonyl (C=O) groups is 1. The maximum absolute atomic E-state index is 11.7. The summed E-state index contributed by atoms with van der Waals surface area (Å²) in [5.41, 5.74) is 3.58. The Kier molecular flexibility index (Phi) is 4.49. The number of ether oxygens (including phenoxy) is 1. The summed E-state index contributed by atoms with van der Waals surface area (Å²) in [5.74, 6) is 3.11. The first-order valence-corrected chi connectivity index (χ1v) is 10.6. The van der Waals surface area contributed by atoms with Crippen LogP contribution in [0.15, 0.2) is 18.2 Å². The minimum absolute atomic E-state index is 0.153. The smallest absolute Gasteiger partial charge is 0.312 e. The highest BCUT2D eigenvalue weighted by atomic mass is 79.9. The molecule has 0 saturated heterocycles. The zero-order valence-electron chi connectivity index (χ0n) is 14.5. The van der Waals surface area contributed by atoms with E-state index < -0.39 is 0 Å². The molecular formula is C21H27BrO2. The number of carbonyl (C=O) groups excluding carboxylic acids is 1. The summed E-state index contributed by atoms with van der Waals surface area (Å²) >= 11 is 3.29. The van der Waals surface area contributed by atoms with E-state index in [1.807, 2.05) is 6.07 Å². The van der Waals surface area contributed by atoms with Gasteiger partial charge in [-0.1, -0.05) is 35.3 Å². The van der Waals surface area contributed by atoms with Gasteiger partial charge < -0.3 is 4.74 Å². The Hall–Kier alpha value is -0.830. The Bertz CT molecular complexity index is 641. The monoisotopic (exact) mass is 390 g/mol. The molecule has 24 heavy (non-hydrogen) atoms. The number of benzene rings is 1. The van der Waals surface area contributed by atoms with Crippen LogP contribution in [0.2, 0.25) is 0 Å². The van der Waals surface area contributed by atoms with Crippen LogP contribution in [-0.2, 0) is 11.2 Å². The first-order valence-electron chi connectivity index (χ1n) is 9.50. The van der Waals surface area contributed by atoms with E-state index in [0.29, 0.717) is 17.2 Å². The Morgan fingerprint density at radius 1 is 1.29 bits per heavy atom. The molecule has 0 amide bonds. The molecule has 0 N–H and O–H groups in total. The Morgan fingerprint density at radius 3 is 3.00 bits per heavy atom. The number of halogens is 1. The molecule has 4 atom stereocenters. The standard InChI is InChI=1S/C21H27BrO2/c1-21-10-2-3-19(21)18-6-4-14-13-15(24-20(23)9-12-22)5-7-16(14)17(18)8-11-21/h5,7,13,17-19H,2-4,6,8-12H2,1H3/t17-,18-,19+,21+/m1/s1. The van der Waals surface area contributed by atoms with Crippen molar-refractivity contribution in [1.82, 2.24) is 0 Å². The second-order valence-electron chi connectivity index (χ2n) is 8.27. The molecule has 1 aromatic rings. The lowest BCUT2D eigenvalue weighted by Crippen LogP contribution is -2.39. The fourth-order valence-corrected chi connectivity index (χ4v) is 6.20. The summed E-state index contributed by atoms with van der Waals surface area (Å²) < 4.78 is 5.47. The van der Waals surface area contributed by atoms with Crippen LogP contribution in [-0.4, -0.2) is 11.3 Å². The quantitative estimate of drug-likeness (QED) is 0.380. The largest absolute Gasteiger partial charge is 0.426 e. The fourth-order valence-electron chi connectivity index (χ4n) is 5.87. The lowest BCUT2D eigenvalue weighted by molar-refractivity contribution is -0.133. The molecule has 0 radical (unpaired) electrons. The molecule has 0 aliphatic heterocycles. The zero-order chi connectivity index (χ0) is 16.7. The van der Waals surface area contributed by atoms with Crippen LogP contribution in [0.3, 0.4) is 0 Å². The Morgan fingerprint density at radius 2 is 2.17 bits per heavy atom. The molecule has 4 rings (SSSR count). The van der Waals surface area contributed by atoms with Gasteiger partial charge in [0, 0.05) is 5.33 Å². The predicted octanol–water partition coefficient (Wildman–Crippen LogP) is 5.62. The molecule has 0 unspecified atom stereocenters. The second kappa shape index (κ2) is 6.48. The van der Waals surface area contributed by atoms with Gasteiger partial charge in [-0.2, -0.15) is 0 Å². The number of fused-ring (bicyclic) bond motifs is 5. The van der Waals surface area contributed by atoms with E-state index in [1.54, 1.807) is 5.56 Å². The van der Waals surface area contributed by atoms with E-state index in [0.717, 1.165) is 29.9 Å². The normalized spacial score (nSPS) is 34.2. The molecule has 0 bridgehead atoms. The molecule has 0 spiro atoms. The summed E-state index contributed by atoms with van der Waals surface area (Å²) in [7, 11) is 0. The summed E-state index contributed by atoms with van der Waals surface area (Å²) in [6, 6.07) is 6.39. The van der Waals surface area contributed by atoms with Gasteiger partial charge in [-0.25, -0.2) is 0 Å². The molecule has 2 nitrogen and oxygen atoms in total. The predicted molar refractivity (Wildman–Crippen MR) is 99.7 cm³/mol. The van der Waals surface area contributed by atoms with Crippen LogP contribution in [0.1, 0.15) is 68.9 Å². The third-order valence-corrected chi connectivity index (χ3v) is 7.41. The minimum atomic E-state index is -0.153. The molecule has 3 aliphatic carbocycles. The van der Waals surface area contributed by atoms with Crippen molar-refractivity contribution in [2.24, 2.45) is 17.3 Å². The van der Waals surface area contributed by atoms with Gasteiger partial charge in [0.05, 0.1) is 6.42 Å². The van der Waals surface area contributed by atoms with E-state index in [1.165, 1.54) is 44.1 Å². The van der Waals surface area contributed by atoms with Crippen molar-refractivity contribution < 1.29 is 9.53 Å². The number of esters is 1. The molecule has 0 aromatic heterocycles. The van der Waals surface area contributed by atoms with Crippen molar-refractivity contribution >= 4 is 21.9 Å². The van der Waals surface area contributed by atoms with E-state index in [4.69, 9.17) is 4.74 Å². The molecular weight excluding hydrogens is 364 g/mol. The topological polar surface area (TPSA) is 26.3 Å². The van der Waals surface area contributed by atoms with E-state index in [9.17, 15) is 4.79 Å². The van der Waals surface area contributed by atoms with Crippen molar-refractivity contribution in [2.75, 3.05) is 5.33 Å². The first kappa shape index (κ1) is 16.6. The van der Waals surface area contributed by atoms with Crippen LogP contribution < -0.4 is 4.74 Å². The van der Waals surface area contributed by atoms with Crippen molar-refractivity contribution in [3.63, 3.8) is 0 Å². The number of hydrogen-bond acceptors (Lipinski definition) is 2. The van der Waals surface area contributed by atoms with Crippen molar-refractivity contribution in [2.45, 2.75) is 64.2 Å². The highest BCUT2D eigenvalue weighted by molar-refractivity contribution is 9.09. The molecule has 3 aliphatic rings. The van der Waals surface area contributed by atoms with Crippen LogP contribution in [0.4, 0.5) is 0 Å². The molecule has 2 saturated carbocycles. The third kappa shape index (κ3) is 2.83. The minimum Gasteiger partial charge on any atom is -0.426 e. The third-order valence-electron chi connectivity index (χ3n) is 7.01. The second-order valence-corrected chi connectivity index (χ2v) is 9.07. The van der Waals surface area contributed by atoms with Crippen LogP contribution in [0, 0.1) is 17.3 Å². The van der Waals surface area contributed by atoms with Gasteiger partial charge in [0.25, 0.3) is 0 Å². The van der Waals surface area contributed by atoms with Crippen molar-refractivity contribution in [3.05, 3.63) is 29.3 Å². The summed E-state index contributed by atoms with van der Waals surface area (Å²) in [6.45, 7) is 2.54. The summed E-state index contributed by atoms with van der Waals surface area (Å²) in [5, 5.41) is 0.653. The van der Waals surface area contributed by atoms with E-state index >= 15 is 0 Å². The van der Waals surface area contributed by atoms with Crippen LogP contribution >= 0.6 is 15.9 Å². The Balaban J connectivity index is 1.56. The van der Waals surface area contributed by atoms with Gasteiger partial charge in [-0.15, -0.1) is 0 Å². The lowest BCUT2D eigenvalue weighted by Gasteiger charge is -2.49. The van der Waals surface area contributed by atoms with E-state index in [-0.39, 0.29) is 5.97 Å². The zero-order valence-corrected chi connectivity index (χ0v) is 16.1. The van der Waals surface area contributed by atoms with Crippen LogP contribution in [0.5, 0.6) is 5.75 Å². The number of rotatable bonds is 3. The average Bonchev–Trinajstić information content (AvgIpc) is 2.96. The Labute approximate surface area is 153 Å². The molecule has 130 valence electrons. The van der Waals surface area contributed by atoms with Gasteiger partial charge in [0.2, 0.25) is 0 Å². The molecule has 1 aromatic carbocycles. The highest BCUT2D eigenvalue weighted by Crippen LogP contribution is 2.60. The van der Waals surface area contributed by atoms with Gasteiger partial charge in [0.15, 0.2) is 0 Å². The lowest BCUT2D eigenvalue weighted by atomic mass is 9.56. The fraction of sp³-hybridized carbons (Fsp3) is 0.667. The van der Waals surface area contributed by atoms with Crippen LogP contribution in [0.25, 0.3) is 0 Å². The maximum Gasteiger partial charge on any atom is 0.312 e. The van der Waals surface area contributed by atoms with Crippen molar-refractivity contribution in [3.8, 4) is 5.75 Å². The molecule has 0 heterocycles. The van der Waals surface area contributed by atoms with E-state index in [2.05, 4.69) is 35.0 Å². The molecule has 2 fully saturated rings. The molecule has 3 heteroatoms. The van der Waals surface area contributed by atoms with Gasteiger partial charge in [0.1, 0.15) is 5.75 Å². The van der Waals surface area contributed by atoms with Crippen molar-refractivity contribution in [1.29, 1.82) is 0 Å². The van der Waals surface area contributed by atoms with Gasteiger partial charge >= 0.3 is 5.97 Å². The summed E-state index contributed by atoms with van der Waals surface area (Å²) in [6.07, 6.45) is 9.92. The van der Waals surface area contributed by atoms with Gasteiger partial charge in [-0.05, 0) is 85.0 Å². The van der Waals surface area contributed by atoms with Gasteiger partial charge in [-0.3, -0.25) is 4.79 Å². The number of hydrogen-bond donors (Lipinski definition) is 0.